The molecule has 1 amide bonds. The Balaban J connectivity index is 1.18. The van der Waals surface area contributed by atoms with Gasteiger partial charge in [0.2, 0.25) is 5.91 Å². The predicted molar refractivity (Wildman–Crippen MR) is 119 cm³/mol. The maximum atomic E-state index is 13.0. The van der Waals surface area contributed by atoms with Crippen LogP contribution >= 0.6 is 0 Å². The fourth-order valence-electron chi connectivity index (χ4n) is 5.82. The van der Waals surface area contributed by atoms with E-state index in [2.05, 4.69) is 20.5 Å². The van der Waals surface area contributed by atoms with Crippen LogP contribution in [0.15, 0.2) is 30.5 Å². The van der Waals surface area contributed by atoms with Gasteiger partial charge in [-0.3, -0.25) is 14.4 Å². The molecule has 8 heteroatoms. The average molecular weight is 440 g/mol. The zero-order valence-corrected chi connectivity index (χ0v) is 18.7. The van der Waals surface area contributed by atoms with Gasteiger partial charge in [0, 0.05) is 24.7 Å². The number of hydrogen-bond donors (Lipinski definition) is 2. The van der Waals surface area contributed by atoms with Crippen molar-refractivity contribution in [1.29, 1.82) is 0 Å². The fraction of sp³-hybridized carbons (Fsp3) is 0.625. The van der Waals surface area contributed by atoms with Gasteiger partial charge in [-0.2, -0.15) is 0 Å². The topological polar surface area (TPSA) is 92.5 Å². The summed E-state index contributed by atoms with van der Waals surface area (Å²) >= 11 is 0. The van der Waals surface area contributed by atoms with E-state index in [0.29, 0.717) is 24.2 Å². The Hall–Kier alpha value is -2.45. The van der Waals surface area contributed by atoms with Crippen LogP contribution in [0, 0.1) is 11.8 Å². The van der Waals surface area contributed by atoms with Gasteiger partial charge >= 0.3 is 0 Å². The number of hydrogen-bond acceptors (Lipinski definition) is 6. The Morgan fingerprint density at radius 1 is 1.31 bits per heavy atom. The van der Waals surface area contributed by atoms with E-state index in [9.17, 15) is 9.90 Å². The third-order valence-corrected chi connectivity index (χ3v) is 7.70. The number of carbonyl (C=O) groups excluding carboxylic acids is 1. The number of amides is 1. The zero-order valence-electron chi connectivity index (χ0n) is 18.7. The van der Waals surface area contributed by atoms with E-state index in [-0.39, 0.29) is 11.8 Å². The Labute approximate surface area is 188 Å². The van der Waals surface area contributed by atoms with E-state index in [1.807, 2.05) is 35.1 Å². The number of piperidine rings is 3. The van der Waals surface area contributed by atoms with Gasteiger partial charge in [0.05, 0.1) is 25.8 Å². The normalized spacial score (nSPS) is 28.6. The molecule has 2 aromatic rings. The first-order chi connectivity index (χ1) is 15.6. The van der Waals surface area contributed by atoms with Gasteiger partial charge in [-0.05, 0) is 44.2 Å². The van der Waals surface area contributed by atoms with Gasteiger partial charge in [-0.15, -0.1) is 5.10 Å². The highest BCUT2D eigenvalue weighted by Gasteiger charge is 2.43. The lowest BCUT2D eigenvalue weighted by Crippen LogP contribution is -2.58. The summed E-state index contributed by atoms with van der Waals surface area (Å²) in [7, 11) is 1.65. The lowest BCUT2D eigenvalue weighted by Gasteiger charge is -2.49. The highest BCUT2D eigenvalue weighted by Crippen LogP contribution is 2.39. The molecular weight excluding hydrogens is 406 g/mol. The molecule has 4 aliphatic rings. The molecular formula is C24H33N5O3. The van der Waals surface area contributed by atoms with E-state index >= 15 is 0 Å². The van der Waals surface area contributed by atoms with Crippen molar-refractivity contribution >= 4 is 5.91 Å². The smallest absolute Gasteiger partial charge is 0.224 e. The predicted octanol–water partition coefficient (Wildman–Crippen LogP) is 2.08. The number of para-hydroxylation sites is 1. The van der Waals surface area contributed by atoms with Crippen LogP contribution in [0.25, 0.3) is 0 Å². The quantitative estimate of drug-likeness (QED) is 0.686. The zero-order chi connectivity index (χ0) is 22.1. The van der Waals surface area contributed by atoms with Crippen molar-refractivity contribution in [2.24, 2.45) is 11.8 Å². The van der Waals surface area contributed by atoms with Gasteiger partial charge in [0.25, 0.3) is 0 Å². The van der Waals surface area contributed by atoms with E-state index in [0.717, 1.165) is 69.5 Å². The minimum Gasteiger partial charge on any atom is -0.496 e. The Morgan fingerprint density at radius 3 is 2.88 bits per heavy atom. The van der Waals surface area contributed by atoms with Crippen LogP contribution in [0.3, 0.4) is 0 Å². The monoisotopic (exact) mass is 439 g/mol. The first-order valence-corrected chi connectivity index (χ1v) is 11.8. The molecule has 4 atom stereocenters. The molecule has 172 valence electrons. The molecule has 0 radical (unpaired) electrons. The van der Waals surface area contributed by atoms with Gasteiger partial charge < -0.3 is 15.2 Å². The number of ether oxygens (including phenoxy) is 1. The number of aromatic nitrogens is 3. The number of methoxy groups -OCH3 is 1. The SMILES string of the molecule is COc1ccccc1CNC(=O)[C@@H]1CN2CC[C@H]1C[C@@H]2Cn1cc(C2(O)CCCC2)nn1. The number of rotatable bonds is 7. The first kappa shape index (κ1) is 21.4. The molecule has 0 spiro atoms. The van der Waals surface area contributed by atoms with Gasteiger partial charge in [-0.25, -0.2) is 0 Å². The third-order valence-electron chi connectivity index (χ3n) is 7.70. The van der Waals surface area contributed by atoms with E-state index < -0.39 is 5.60 Å². The third kappa shape index (κ3) is 4.13. The van der Waals surface area contributed by atoms with Gasteiger partial charge in [0.1, 0.15) is 17.0 Å². The molecule has 1 aliphatic carbocycles. The van der Waals surface area contributed by atoms with E-state index in [4.69, 9.17) is 4.74 Å². The summed E-state index contributed by atoms with van der Waals surface area (Å²) in [6.07, 6.45) is 7.61. The van der Waals surface area contributed by atoms with Crippen molar-refractivity contribution in [3.8, 4) is 5.75 Å². The van der Waals surface area contributed by atoms with Crippen LogP contribution in [0.5, 0.6) is 5.75 Å². The molecule has 4 heterocycles. The molecule has 2 bridgehead atoms. The van der Waals surface area contributed by atoms with E-state index in [1.165, 1.54) is 0 Å². The fourth-order valence-corrected chi connectivity index (χ4v) is 5.82. The summed E-state index contributed by atoms with van der Waals surface area (Å²) in [5.41, 5.74) is 0.905. The van der Waals surface area contributed by atoms with Crippen molar-refractivity contribution < 1.29 is 14.6 Å². The average Bonchev–Trinajstić information content (AvgIpc) is 3.48. The largest absolute Gasteiger partial charge is 0.496 e. The molecule has 6 rings (SSSR count). The highest BCUT2D eigenvalue weighted by atomic mass is 16.5. The molecule has 1 aromatic carbocycles. The minimum absolute atomic E-state index is 0.0280. The van der Waals surface area contributed by atoms with Crippen molar-refractivity contribution in [2.45, 2.75) is 63.3 Å². The maximum Gasteiger partial charge on any atom is 0.224 e. The van der Waals surface area contributed by atoms with Crippen molar-refractivity contribution in [3.05, 3.63) is 41.7 Å². The standard InChI is InChI=1S/C24H33N5O3/c1-32-21-7-3-2-6-18(21)13-25-23(30)20-15-28-11-8-17(20)12-19(28)14-29-16-22(26-27-29)24(31)9-4-5-10-24/h2-3,6-7,16-17,19-20,31H,4-5,8-15H2,1H3,(H,25,30)/t17-,19+,20+/m0/s1. The van der Waals surface area contributed by atoms with Crippen LogP contribution in [-0.2, 0) is 23.5 Å². The number of nitrogens with one attached hydrogen (secondary N) is 1. The van der Waals surface area contributed by atoms with Crippen molar-refractivity contribution in [1.82, 2.24) is 25.2 Å². The molecule has 8 nitrogen and oxygen atoms in total. The van der Waals surface area contributed by atoms with Crippen LogP contribution in [0.4, 0.5) is 0 Å². The summed E-state index contributed by atoms with van der Waals surface area (Å²) in [5.74, 6) is 1.36. The molecule has 1 aromatic heterocycles. The number of fused-ring (bicyclic) bond motifs is 3. The Morgan fingerprint density at radius 2 is 2.12 bits per heavy atom. The van der Waals surface area contributed by atoms with Crippen LogP contribution in [-0.4, -0.2) is 57.1 Å². The molecule has 3 saturated heterocycles. The van der Waals surface area contributed by atoms with Crippen molar-refractivity contribution in [3.63, 3.8) is 0 Å². The van der Waals surface area contributed by atoms with Gasteiger partial charge in [0.15, 0.2) is 0 Å². The number of benzene rings is 1. The molecule has 1 unspecified atom stereocenters. The van der Waals surface area contributed by atoms with Crippen LogP contribution in [0.2, 0.25) is 0 Å². The van der Waals surface area contributed by atoms with Gasteiger partial charge in [-0.1, -0.05) is 36.3 Å². The van der Waals surface area contributed by atoms with E-state index in [1.54, 1.807) is 7.11 Å². The molecule has 2 N–H and O–H groups in total. The van der Waals surface area contributed by atoms with Crippen LogP contribution in [0.1, 0.15) is 49.8 Å². The molecule has 32 heavy (non-hydrogen) atoms. The molecule has 3 aliphatic heterocycles. The Kier molecular flexibility index (Phi) is 5.90. The molecule has 4 fully saturated rings. The lowest BCUT2D eigenvalue weighted by atomic mass is 9.75. The number of nitrogens with zero attached hydrogens (tertiary/aromatic N) is 4. The maximum absolute atomic E-state index is 13.0. The second-order valence-corrected chi connectivity index (χ2v) is 9.63. The number of carbonyl (C=O) groups is 1. The van der Waals surface area contributed by atoms with Crippen LogP contribution < -0.4 is 10.1 Å². The summed E-state index contributed by atoms with van der Waals surface area (Å²) in [5, 5.41) is 22.5. The summed E-state index contributed by atoms with van der Waals surface area (Å²) in [4.78, 5) is 15.4. The first-order valence-electron chi connectivity index (χ1n) is 11.8. The highest BCUT2D eigenvalue weighted by molar-refractivity contribution is 5.79. The second kappa shape index (κ2) is 8.83. The number of aliphatic hydroxyl groups is 1. The molecule has 1 saturated carbocycles. The lowest BCUT2D eigenvalue weighted by molar-refractivity contribution is -0.133. The summed E-state index contributed by atoms with van der Waals surface area (Å²) < 4.78 is 7.28. The summed E-state index contributed by atoms with van der Waals surface area (Å²) in [6.45, 7) is 3.06. The Bertz CT molecular complexity index is 955. The summed E-state index contributed by atoms with van der Waals surface area (Å²) in [6, 6.07) is 8.16. The second-order valence-electron chi connectivity index (χ2n) is 9.63. The van der Waals surface area contributed by atoms with Crippen molar-refractivity contribution in [2.75, 3.05) is 20.2 Å². The minimum atomic E-state index is -0.797.